The fourth-order valence-electron chi connectivity index (χ4n) is 5.75. The second-order valence-electron chi connectivity index (χ2n) is 10.8. The average molecular weight is 619 g/mol. The Bertz CT molecular complexity index is 1720. The highest BCUT2D eigenvalue weighted by atomic mass is 35.5. The molecule has 4 N–H and O–H groups in total. The van der Waals surface area contributed by atoms with E-state index in [1.54, 1.807) is 19.2 Å². The number of nitrogens with two attached hydrogens (primary N) is 1. The molecule has 4 heterocycles. The van der Waals surface area contributed by atoms with Crippen molar-refractivity contribution >= 4 is 50.6 Å². The molecule has 1 spiro atoms. The van der Waals surface area contributed by atoms with Crippen LogP contribution in [-0.4, -0.2) is 49.6 Å². The van der Waals surface area contributed by atoms with Gasteiger partial charge in [-0.2, -0.15) is 23.3 Å². The van der Waals surface area contributed by atoms with Gasteiger partial charge in [0, 0.05) is 34.3 Å². The number of alkyl halides is 3. The number of halogens is 4. The van der Waals surface area contributed by atoms with Crippen molar-refractivity contribution in [2.24, 2.45) is 5.41 Å². The highest BCUT2D eigenvalue weighted by Crippen LogP contribution is 2.47. The fourth-order valence-corrected chi connectivity index (χ4v) is 6.87. The third kappa shape index (κ3) is 5.32. The van der Waals surface area contributed by atoms with Crippen molar-refractivity contribution in [1.29, 1.82) is 0 Å². The Morgan fingerprint density at radius 2 is 2.14 bits per heavy atom. The number of carbonyl (C=O) groups is 1. The lowest BCUT2D eigenvalue weighted by Gasteiger charge is -2.31. The van der Waals surface area contributed by atoms with Gasteiger partial charge in [0.15, 0.2) is 0 Å². The minimum Gasteiger partial charge on any atom is -0.480 e. The molecule has 0 amide bonds. The number of fused-ring (bicyclic) bond motifs is 1. The first-order valence-corrected chi connectivity index (χ1v) is 14.4. The average Bonchev–Trinajstić information content (AvgIpc) is 3.66. The van der Waals surface area contributed by atoms with Gasteiger partial charge in [-0.25, -0.2) is 9.67 Å². The van der Waals surface area contributed by atoms with Crippen LogP contribution in [0.2, 0.25) is 5.02 Å². The molecule has 1 aliphatic heterocycles. The molecule has 2 unspecified atom stereocenters. The Morgan fingerprint density at radius 1 is 1.33 bits per heavy atom. The summed E-state index contributed by atoms with van der Waals surface area (Å²) in [6.45, 7) is 2.35. The van der Waals surface area contributed by atoms with Crippen LogP contribution in [0.3, 0.4) is 0 Å². The van der Waals surface area contributed by atoms with E-state index >= 15 is 0 Å². The van der Waals surface area contributed by atoms with Crippen molar-refractivity contribution in [1.82, 2.24) is 25.1 Å². The van der Waals surface area contributed by atoms with Crippen LogP contribution in [0.1, 0.15) is 48.6 Å². The summed E-state index contributed by atoms with van der Waals surface area (Å²) < 4.78 is 51.1. The molecule has 14 heteroatoms. The third-order valence-corrected chi connectivity index (χ3v) is 9.08. The van der Waals surface area contributed by atoms with Gasteiger partial charge in [0.05, 0.1) is 16.9 Å². The lowest BCUT2D eigenvalue weighted by Crippen LogP contribution is -2.30. The minimum absolute atomic E-state index is 0.121. The number of aryl methyl sites for hydroxylation is 1. The molecule has 0 bridgehead atoms. The van der Waals surface area contributed by atoms with Gasteiger partial charge in [-0.05, 0) is 61.8 Å². The van der Waals surface area contributed by atoms with Crippen molar-refractivity contribution < 1.29 is 27.8 Å². The molecule has 4 aromatic rings. The zero-order chi connectivity index (χ0) is 29.8. The largest absolute Gasteiger partial charge is 0.480 e. The van der Waals surface area contributed by atoms with Gasteiger partial charge in [0.1, 0.15) is 10.7 Å². The quantitative estimate of drug-likeness (QED) is 0.236. The number of nitrogens with zero attached hydrogens (tertiary/aromatic N) is 4. The van der Waals surface area contributed by atoms with E-state index in [0.29, 0.717) is 41.7 Å². The van der Waals surface area contributed by atoms with Crippen LogP contribution in [-0.2, 0) is 4.79 Å². The number of nitrogens with one attached hydrogen (secondary N) is 1. The molecule has 0 radical (unpaired) electrons. The molecular formula is C28H26ClF3N6O3S. The number of rotatable bonds is 6. The molecule has 1 fully saturated rings. The molecule has 3 aromatic heterocycles. The Labute approximate surface area is 247 Å². The van der Waals surface area contributed by atoms with Gasteiger partial charge in [-0.15, -0.1) is 11.3 Å². The second-order valence-corrected chi connectivity index (χ2v) is 12.1. The maximum atomic E-state index is 14.6. The van der Waals surface area contributed by atoms with E-state index in [0.717, 1.165) is 17.6 Å². The molecule has 1 aromatic carbocycles. The van der Waals surface area contributed by atoms with Crippen molar-refractivity contribution in [3.05, 3.63) is 63.8 Å². The van der Waals surface area contributed by atoms with Crippen LogP contribution < -0.4 is 15.8 Å². The van der Waals surface area contributed by atoms with E-state index in [2.05, 4.69) is 26.5 Å². The van der Waals surface area contributed by atoms with Crippen LogP contribution in [0.5, 0.6) is 5.88 Å². The molecule has 1 saturated heterocycles. The van der Waals surface area contributed by atoms with Gasteiger partial charge in [0.25, 0.3) is 0 Å². The lowest BCUT2D eigenvalue weighted by atomic mass is 9.72. The predicted octanol–water partition coefficient (Wildman–Crippen LogP) is 6.10. The molecule has 1 aliphatic carbocycles. The molecule has 42 heavy (non-hydrogen) atoms. The van der Waals surface area contributed by atoms with Crippen LogP contribution in [0, 0.1) is 12.3 Å². The van der Waals surface area contributed by atoms with Crippen molar-refractivity contribution in [2.75, 3.05) is 12.3 Å². The van der Waals surface area contributed by atoms with E-state index in [1.807, 2.05) is 5.38 Å². The molecule has 220 valence electrons. The molecule has 2 aliphatic rings. The van der Waals surface area contributed by atoms with E-state index in [4.69, 9.17) is 22.1 Å². The standard InChI is InChI=1S/C28H26ClF3N6O3S/c1-14-6-9-38(37-14)20-10-16(29)2-3-17(20)23(28(30,31)32)41-24-22-21(35-26(33)36-24)18(12-42-22)15-4-7-27(8-5-15)11-19(25(39)40)34-13-27/h2-4,6,9-10,12,19,23,34H,5,7-8,11,13H2,1H3,(H,39,40)(H2,33,35,36)/t19?,23-,27?/m1/s1. The van der Waals surface area contributed by atoms with Crippen molar-refractivity contribution in [3.63, 3.8) is 0 Å². The van der Waals surface area contributed by atoms with Gasteiger partial charge < -0.3 is 20.9 Å². The number of anilines is 1. The number of aliphatic carboxylic acids is 1. The molecular weight excluding hydrogens is 593 g/mol. The van der Waals surface area contributed by atoms with Crippen LogP contribution in [0.4, 0.5) is 19.1 Å². The van der Waals surface area contributed by atoms with E-state index in [-0.39, 0.29) is 33.5 Å². The smallest absolute Gasteiger partial charge is 0.429 e. The summed E-state index contributed by atoms with van der Waals surface area (Å²) >= 11 is 7.34. The number of ether oxygens (including phenoxy) is 1. The number of nitrogen functional groups attached to an aromatic ring is 1. The molecule has 6 rings (SSSR count). The summed E-state index contributed by atoms with van der Waals surface area (Å²) in [5, 5.41) is 18.8. The Kier molecular flexibility index (Phi) is 7.14. The molecule has 9 nitrogen and oxygen atoms in total. The highest BCUT2D eigenvalue weighted by Gasteiger charge is 2.46. The van der Waals surface area contributed by atoms with E-state index < -0.39 is 24.3 Å². The summed E-state index contributed by atoms with van der Waals surface area (Å²) in [4.78, 5) is 19.9. The normalized spacial score (nSPS) is 21.5. The lowest BCUT2D eigenvalue weighted by molar-refractivity contribution is -0.198. The SMILES string of the molecule is Cc1ccn(-c2cc(Cl)ccc2[C@@H](Oc2nc(N)nc3c(C4=CCC5(CC4)CNC(C(=O)O)C5)csc23)C(F)(F)F)n1. The number of carboxylic acid groups (broad SMARTS) is 1. The van der Waals surface area contributed by atoms with Gasteiger partial charge >= 0.3 is 12.1 Å². The van der Waals surface area contributed by atoms with Gasteiger partial charge in [-0.3, -0.25) is 4.79 Å². The predicted molar refractivity (Wildman–Crippen MR) is 153 cm³/mol. The summed E-state index contributed by atoms with van der Waals surface area (Å²) in [7, 11) is 0. The highest BCUT2D eigenvalue weighted by molar-refractivity contribution is 7.17. The number of thiophene rings is 1. The van der Waals surface area contributed by atoms with Gasteiger partial charge in [-0.1, -0.05) is 23.7 Å². The van der Waals surface area contributed by atoms with E-state index in [1.165, 1.54) is 34.2 Å². The topological polar surface area (TPSA) is 128 Å². The summed E-state index contributed by atoms with van der Waals surface area (Å²) in [5.74, 6) is -1.34. The maximum Gasteiger partial charge on any atom is 0.429 e. The summed E-state index contributed by atoms with van der Waals surface area (Å²) in [6, 6.07) is 5.15. The Hall–Kier alpha value is -3.68. The van der Waals surface area contributed by atoms with Crippen molar-refractivity contribution in [2.45, 2.75) is 50.9 Å². The summed E-state index contributed by atoms with van der Waals surface area (Å²) in [6.07, 6.45) is -0.920. The Morgan fingerprint density at radius 3 is 2.79 bits per heavy atom. The monoisotopic (exact) mass is 618 g/mol. The number of hydrogen-bond acceptors (Lipinski definition) is 8. The number of carboxylic acids is 1. The zero-order valence-corrected chi connectivity index (χ0v) is 23.9. The number of hydrogen-bond donors (Lipinski definition) is 3. The first-order chi connectivity index (χ1) is 19.9. The number of allylic oxidation sites excluding steroid dienone is 2. The van der Waals surface area contributed by atoms with Crippen LogP contribution in [0.25, 0.3) is 21.5 Å². The maximum absolute atomic E-state index is 14.6. The van der Waals surface area contributed by atoms with Crippen LogP contribution in [0.15, 0.2) is 41.9 Å². The third-order valence-electron chi connectivity index (χ3n) is 7.88. The van der Waals surface area contributed by atoms with Crippen LogP contribution >= 0.6 is 22.9 Å². The van der Waals surface area contributed by atoms with Crippen molar-refractivity contribution in [3.8, 4) is 11.6 Å². The molecule has 0 saturated carbocycles. The van der Waals surface area contributed by atoms with E-state index in [9.17, 15) is 23.1 Å². The first-order valence-electron chi connectivity index (χ1n) is 13.2. The number of benzene rings is 1. The second kappa shape index (κ2) is 10.5. The Balaban J connectivity index is 1.35. The fraction of sp³-hybridized carbons (Fsp3) is 0.357. The number of aromatic nitrogens is 4. The molecule has 3 atom stereocenters. The summed E-state index contributed by atoms with van der Waals surface area (Å²) in [5.41, 5.74) is 8.56. The van der Waals surface area contributed by atoms with Gasteiger partial charge in [0.2, 0.25) is 17.9 Å². The first kappa shape index (κ1) is 28.4. The minimum atomic E-state index is -4.82. The zero-order valence-electron chi connectivity index (χ0n) is 22.3.